The molecule has 0 bridgehead atoms. The Morgan fingerprint density at radius 2 is 1.77 bits per heavy atom. The van der Waals surface area contributed by atoms with Crippen molar-refractivity contribution < 1.29 is 9.59 Å². The summed E-state index contributed by atoms with van der Waals surface area (Å²) in [5, 5.41) is 7.46. The van der Waals surface area contributed by atoms with E-state index in [1.54, 1.807) is 12.1 Å². The Labute approximate surface area is 215 Å². The molecule has 0 radical (unpaired) electrons. The van der Waals surface area contributed by atoms with Gasteiger partial charge in [0.1, 0.15) is 0 Å². The maximum atomic E-state index is 13.8. The molecule has 2 aliphatic heterocycles. The summed E-state index contributed by atoms with van der Waals surface area (Å²) >= 11 is 12.9. The van der Waals surface area contributed by atoms with Gasteiger partial charge in [-0.15, -0.1) is 0 Å². The molecule has 5 nitrogen and oxygen atoms in total. The summed E-state index contributed by atoms with van der Waals surface area (Å²) in [6.07, 6.45) is 1.54. The fourth-order valence-electron chi connectivity index (χ4n) is 5.27. The number of rotatable bonds is 6. The van der Waals surface area contributed by atoms with Crippen LogP contribution in [-0.4, -0.2) is 42.4 Å². The van der Waals surface area contributed by atoms with E-state index in [4.69, 9.17) is 23.2 Å². The fourth-order valence-corrected chi connectivity index (χ4v) is 5.79. The van der Waals surface area contributed by atoms with Crippen molar-refractivity contribution in [3.8, 4) is 0 Å². The number of nitrogens with one attached hydrogen (secondary N) is 2. The summed E-state index contributed by atoms with van der Waals surface area (Å²) in [5.41, 5.74) is 3.19. The number of nitrogens with zero attached hydrogens (tertiary/aromatic N) is 1. The van der Waals surface area contributed by atoms with Gasteiger partial charge in [-0.3, -0.25) is 9.59 Å². The number of hydrogen-bond donors (Lipinski definition) is 2. The standard InChI is InChI=1S/C28H27Cl2N3O2/c29-19-10-11-23(24(30)16-19)26-25(27(34)32-15-12-18-6-2-1-3-7-18)21-8-4-5-9-22(21)28(35)33(26)20-13-14-31-17-20/h1-11,16,20,25-26,31H,12-15,17H2,(H,32,34)/t20-,25+,26-/m0/s1. The number of carbonyl (C=O) groups is 2. The highest BCUT2D eigenvalue weighted by Gasteiger charge is 2.47. The highest BCUT2D eigenvalue weighted by atomic mass is 35.5. The van der Waals surface area contributed by atoms with E-state index in [2.05, 4.69) is 10.6 Å². The molecule has 1 fully saturated rings. The summed E-state index contributed by atoms with van der Waals surface area (Å²) < 4.78 is 0. The van der Waals surface area contributed by atoms with Gasteiger partial charge in [-0.2, -0.15) is 0 Å². The topological polar surface area (TPSA) is 61.4 Å². The van der Waals surface area contributed by atoms with Crippen LogP contribution in [0.5, 0.6) is 0 Å². The molecule has 3 aromatic carbocycles. The SMILES string of the molecule is O=C(NCCc1ccccc1)[C@@H]1c2ccccc2C(=O)N([C@H]2CCNC2)[C@H]1c1ccc(Cl)cc1Cl. The van der Waals surface area contributed by atoms with Gasteiger partial charge in [0, 0.05) is 34.7 Å². The second kappa shape index (κ2) is 10.4. The molecule has 2 N–H and O–H groups in total. The van der Waals surface area contributed by atoms with Gasteiger partial charge in [-0.25, -0.2) is 0 Å². The largest absolute Gasteiger partial charge is 0.355 e. The zero-order valence-electron chi connectivity index (χ0n) is 19.2. The van der Waals surface area contributed by atoms with Crippen molar-refractivity contribution >= 4 is 35.0 Å². The molecule has 0 aromatic heterocycles. The van der Waals surface area contributed by atoms with Gasteiger partial charge in [0.25, 0.3) is 5.91 Å². The normalized spacial score (nSPS) is 21.6. The lowest BCUT2D eigenvalue weighted by atomic mass is 9.78. The van der Waals surface area contributed by atoms with Crippen molar-refractivity contribution in [1.82, 2.24) is 15.5 Å². The molecule has 35 heavy (non-hydrogen) atoms. The van der Waals surface area contributed by atoms with Crippen molar-refractivity contribution in [3.63, 3.8) is 0 Å². The van der Waals surface area contributed by atoms with Crippen LogP contribution in [0.15, 0.2) is 72.8 Å². The molecular formula is C28H27Cl2N3O2. The lowest BCUT2D eigenvalue weighted by molar-refractivity contribution is -0.124. The Bertz CT molecular complexity index is 1230. The number of amides is 2. The van der Waals surface area contributed by atoms with Crippen LogP contribution in [0, 0.1) is 0 Å². The first-order valence-corrected chi connectivity index (χ1v) is 12.7. The summed E-state index contributed by atoms with van der Waals surface area (Å²) in [5.74, 6) is -0.787. The minimum absolute atomic E-state index is 0.0350. The van der Waals surface area contributed by atoms with Gasteiger partial charge in [0.15, 0.2) is 0 Å². The molecule has 180 valence electrons. The number of fused-ring (bicyclic) bond motifs is 1. The molecule has 2 aliphatic rings. The molecule has 2 amide bonds. The van der Waals surface area contributed by atoms with Crippen LogP contribution in [0.2, 0.25) is 10.0 Å². The highest BCUT2D eigenvalue weighted by molar-refractivity contribution is 6.35. The molecule has 5 rings (SSSR count). The monoisotopic (exact) mass is 507 g/mol. The highest BCUT2D eigenvalue weighted by Crippen LogP contribution is 2.46. The van der Waals surface area contributed by atoms with Gasteiger partial charge >= 0.3 is 0 Å². The third-order valence-corrected chi connectivity index (χ3v) is 7.49. The molecule has 0 aliphatic carbocycles. The average molecular weight is 508 g/mol. The van der Waals surface area contributed by atoms with E-state index in [1.807, 2.05) is 65.6 Å². The Balaban J connectivity index is 1.55. The van der Waals surface area contributed by atoms with Gasteiger partial charge in [-0.05, 0) is 54.3 Å². The molecule has 7 heteroatoms. The average Bonchev–Trinajstić information content (AvgIpc) is 3.39. The third kappa shape index (κ3) is 4.81. The Morgan fingerprint density at radius 1 is 1.00 bits per heavy atom. The van der Waals surface area contributed by atoms with Crippen LogP contribution in [-0.2, 0) is 11.2 Å². The molecule has 0 saturated carbocycles. The van der Waals surface area contributed by atoms with Gasteiger partial charge in [0.05, 0.1) is 12.0 Å². The predicted octanol–water partition coefficient (Wildman–Crippen LogP) is 4.99. The van der Waals surface area contributed by atoms with Crippen molar-refractivity contribution in [3.05, 3.63) is 105 Å². The minimum Gasteiger partial charge on any atom is -0.355 e. The van der Waals surface area contributed by atoms with Crippen molar-refractivity contribution in [2.75, 3.05) is 19.6 Å². The van der Waals surface area contributed by atoms with Crippen LogP contribution in [0.1, 0.15) is 45.4 Å². The van der Waals surface area contributed by atoms with E-state index in [-0.39, 0.29) is 17.9 Å². The first-order valence-electron chi connectivity index (χ1n) is 11.9. The van der Waals surface area contributed by atoms with Crippen LogP contribution in [0.4, 0.5) is 0 Å². The maximum absolute atomic E-state index is 13.8. The molecule has 3 aromatic rings. The number of benzene rings is 3. The van der Waals surface area contributed by atoms with Crippen LogP contribution >= 0.6 is 23.2 Å². The van der Waals surface area contributed by atoms with Gasteiger partial charge < -0.3 is 15.5 Å². The Kier molecular flexibility index (Phi) is 7.09. The number of carbonyl (C=O) groups excluding carboxylic acids is 2. The van der Waals surface area contributed by atoms with E-state index in [1.165, 1.54) is 0 Å². The lowest BCUT2D eigenvalue weighted by Crippen LogP contribution is -2.52. The van der Waals surface area contributed by atoms with E-state index in [9.17, 15) is 9.59 Å². The quantitative estimate of drug-likeness (QED) is 0.493. The van der Waals surface area contributed by atoms with E-state index < -0.39 is 12.0 Å². The van der Waals surface area contributed by atoms with E-state index in [0.29, 0.717) is 28.7 Å². The first kappa shape index (κ1) is 23.9. The van der Waals surface area contributed by atoms with Crippen LogP contribution < -0.4 is 10.6 Å². The summed E-state index contributed by atoms with van der Waals surface area (Å²) in [6, 6.07) is 22.2. The summed E-state index contributed by atoms with van der Waals surface area (Å²) in [4.78, 5) is 29.6. The second-order valence-electron chi connectivity index (χ2n) is 9.06. The molecule has 0 unspecified atom stereocenters. The Morgan fingerprint density at radius 3 is 2.51 bits per heavy atom. The zero-order chi connectivity index (χ0) is 24.4. The van der Waals surface area contributed by atoms with E-state index >= 15 is 0 Å². The van der Waals surface area contributed by atoms with Gasteiger partial charge in [0.2, 0.25) is 5.91 Å². The molecule has 2 heterocycles. The maximum Gasteiger partial charge on any atom is 0.255 e. The molecule has 0 spiro atoms. The Hall–Kier alpha value is -2.86. The minimum atomic E-state index is -0.598. The van der Waals surface area contributed by atoms with E-state index in [0.717, 1.165) is 36.1 Å². The first-order chi connectivity index (χ1) is 17.0. The molecular weight excluding hydrogens is 481 g/mol. The van der Waals surface area contributed by atoms with Crippen LogP contribution in [0.3, 0.4) is 0 Å². The fraction of sp³-hybridized carbons (Fsp3) is 0.286. The summed E-state index contributed by atoms with van der Waals surface area (Å²) in [7, 11) is 0. The van der Waals surface area contributed by atoms with Crippen molar-refractivity contribution in [2.45, 2.75) is 30.8 Å². The second-order valence-corrected chi connectivity index (χ2v) is 9.90. The van der Waals surface area contributed by atoms with Crippen molar-refractivity contribution in [1.29, 1.82) is 0 Å². The predicted molar refractivity (Wildman–Crippen MR) is 139 cm³/mol. The number of halogens is 2. The lowest BCUT2D eigenvalue weighted by Gasteiger charge is -2.45. The van der Waals surface area contributed by atoms with Crippen molar-refractivity contribution in [2.24, 2.45) is 0 Å². The number of hydrogen-bond acceptors (Lipinski definition) is 3. The van der Waals surface area contributed by atoms with Crippen LogP contribution in [0.25, 0.3) is 0 Å². The smallest absolute Gasteiger partial charge is 0.255 e. The third-order valence-electron chi connectivity index (χ3n) is 6.92. The summed E-state index contributed by atoms with van der Waals surface area (Å²) in [6.45, 7) is 2.00. The molecule has 3 atom stereocenters. The zero-order valence-corrected chi connectivity index (χ0v) is 20.7. The molecule has 1 saturated heterocycles. The van der Waals surface area contributed by atoms with Gasteiger partial charge in [-0.1, -0.05) is 77.8 Å².